The lowest BCUT2D eigenvalue weighted by Gasteiger charge is -2.32. The zero-order chi connectivity index (χ0) is 28.3. The normalized spacial score (nSPS) is 12.2. The average molecular weight is 615 g/mol. The van der Waals surface area contributed by atoms with Gasteiger partial charge in [-0.25, -0.2) is 12.7 Å². The molecule has 3 rings (SSSR count). The zero-order valence-electron chi connectivity index (χ0n) is 22.4. The van der Waals surface area contributed by atoms with E-state index < -0.39 is 16.1 Å². The van der Waals surface area contributed by atoms with Gasteiger partial charge in [0.25, 0.3) is 0 Å². The SMILES string of the molecule is CCCNC(=O)[C@H](Cc1ccccc1)N(Cc1ccc(Br)cc1)C(=O)CCCN(C)S(=O)(=O)c1ccccc1. The summed E-state index contributed by atoms with van der Waals surface area (Å²) in [5.41, 5.74) is 1.85. The molecule has 0 aromatic heterocycles. The molecule has 0 spiro atoms. The number of carbonyl (C=O) groups excluding carboxylic acids is 2. The van der Waals surface area contributed by atoms with Crippen molar-refractivity contribution in [3.8, 4) is 0 Å². The number of hydrogen-bond donors (Lipinski definition) is 1. The number of carbonyl (C=O) groups is 2. The van der Waals surface area contributed by atoms with E-state index in [4.69, 9.17) is 0 Å². The molecule has 2 amide bonds. The lowest BCUT2D eigenvalue weighted by atomic mass is 10.0. The Bertz CT molecular complexity index is 1300. The first kappa shape index (κ1) is 30.5. The molecule has 0 fully saturated rings. The summed E-state index contributed by atoms with van der Waals surface area (Å²) in [5.74, 6) is -0.397. The van der Waals surface area contributed by atoms with E-state index in [1.165, 1.54) is 11.4 Å². The molecule has 0 unspecified atom stereocenters. The Morgan fingerprint density at radius 1 is 0.897 bits per heavy atom. The Hall–Kier alpha value is -3.01. The number of hydrogen-bond acceptors (Lipinski definition) is 4. The number of benzene rings is 3. The molecule has 1 N–H and O–H groups in total. The first-order valence-electron chi connectivity index (χ1n) is 13.1. The molecule has 0 aliphatic heterocycles. The van der Waals surface area contributed by atoms with Gasteiger partial charge >= 0.3 is 0 Å². The molecular weight excluding hydrogens is 578 g/mol. The molecule has 3 aromatic carbocycles. The Kier molecular flexibility index (Phi) is 11.7. The molecule has 3 aromatic rings. The second-order valence-electron chi connectivity index (χ2n) is 9.39. The second-order valence-corrected chi connectivity index (χ2v) is 12.3. The van der Waals surface area contributed by atoms with E-state index in [1.807, 2.05) is 61.5 Å². The van der Waals surface area contributed by atoms with Gasteiger partial charge in [0.05, 0.1) is 4.90 Å². The highest BCUT2D eigenvalue weighted by atomic mass is 79.9. The Labute approximate surface area is 240 Å². The molecule has 0 radical (unpaired) electrons. The third-order valence-corrected chi connectivity index (χ3v) is 8.80. The van der Waals surface area contributed by atoms with Crippen LogP contribution in [0.3, 0.4) is 0 Å². The first-order valence-corrected chi connectivity index (χ1v) is 15.3. The number of sulfonamides is 1. The van der Waals surface area contributed by atoms with Gasteiger partial charge in [-0.15, -0.1) is 0 Å². The summed E-state index contributed by atoms with van der Waals surface area (Å²) in [6.45, 7) is 2.95. The molecule has 1 atom stereocenters. The van der Waals surface area contributed by atoms with Crippen LogP contribution in [-0.4, -0.2) is 55.6 Å². The van der Waals surface area contributed by atoms with E-state index in [0.717, 1.165) is 22.0 Å². The van der Waals surface area contributed by atoms with Crippen LogP contribution in [0, 0.1) is 0 Å². The van der Waals surface area contributed by atoms with Crippen LogP contribution < -0.4 is 5.32 Å². The van der Waals surface area contributed by atoms with Crippen molar-refractivity contribution >= 4 is 37.8 Å². The fourth-order valence-corrected chi connectivity index (χ4v) is 5.69. The van der Waals surface area contributed by atoms with Gasteiger partial charge in [0.2, 0.25) is 21.8 Å². The highest BCUT2D eigenvalue weighted by Gasteiger charge is 2.30. The molecule has 0 aliphatic rings. The largest absolute Gasteiger partial charge is 0.354 e. The quantitative estimate of drug-likeness (QED) is 0.277. The molecule has 0 bridgehead atoms. The van der Waals surface area contributed by atoms with Gasteiger partial charge in [-0.05, 0) is 48.2 Å². The number of nitrogens with zero attached hydrogens (tertiary/aromatic N) is 2. The highest BCUT2D eigenvalue weighted by molar-refractivity contribution is 9.10. The fraction of sp³-hybridized carbons (Fsp3) is 0.333. The van der Waals surface area contributed by atoms with Crippen molar-refractivity contribution in [2.24, 2.45) is 0 Å². The Balaban J connectivity index is 1.80. The van der Waals surface area contributed by atoms with E-state index in [-0.39, 0.29) is 36.2 Å². The molecule has 0 aliphatic carbocycles. The monoisotopic (exact) mass is 613 g/mol. The summed E-state index contributed by atoms with van der Waals surface area (Å²) in [5, 5.41) is 2.97. The predicted octanol–water partition coefficient (Wildman–Crippen LogP) is 5.02. The van der Waals surface area contributed by atoms with Gasteiger partial charge < -0.3 is 10.2 Å². The van der Waals surface area contributed by atoms with Crippen LogP contribution in [0.2, 0.25) is 0 Å². The summed E-state index contributed by atoms with van der Waals surface area (Å²) in [4.78, 5) is 28.9. The van der Waals surface area contributed by atoms with E-state index in [1.54, 1.807) is 35.2 Å². The van der Waals surface area contributed by atoms with Gasteiger partial charge in [-0.1, -0.05) is 83.5 Å². The maximum atomic E-state index is 13.7. The standard InChI is InChI=1S/C30H36BrN3O4S/c1-3-20-32-30(36)28(22-24-11-6-4-7-12-24)34(23-25-16-18-26(31)19-17-25)29(35)15-10-21-33(2)39(37,38)27-13-8-5-9-14-27/h4-9,11-14,16-19,28H,3,10,15,20-23H2,1-2H3,(H,32,36)/t28-/m0/s1. The van der Waals surface area contributed by atoms with Crippen LogP contribution >= 0.6 is 15.9 Å². The van der Waals surface area contributed by atoms with Crippen LogP contribution in [0.5, 0.6) is 0 Å². The van der Waals surface area contributed by atoms with Crippen LogP contribution in [0.25, 0.3) is 0 Å². The summed E-state index contributed by atoms with van der Waals surface area (Å²) in [6, 6.07) is 24.8. The third-order valence-electron chi connectivity index (χ3n) is 6.40. The van der Waals surface area contributed by atoms with Gasteiger partial charge in [-0.2, -0.15) is 0 Å². The van der Waals surface area contributed by atoms with Crippen molar-refractivity contribution in [1.29, 1.82) is 0 Å². The smallest absolute Gasteiger partial charge is 0.243 e. The van der Waals surface area contributed by atoms with Crippen molar-refractivity contribution in [2.75, 3.05) is 20.1 Å². The Morgan fingerprint density at radius 2 is 1.51 bits per heavy atom. The van der Waals surface area contributed by atoms with Gasteiger partial charge in [-0.3, -0.25) is 9.59 Å². The lowest BCUT2D eigenvalue weighted by Crippen LogP contribution is -2.50. The molecule has 0 saturated heterocycles. The summed E-state index contributed by atoms with van der Waals surface area (Å²) >= 11 is 3.45. The molecule has 39 heavy (non-hydrogen) atoms. The van der Waals surface area contributed by atoms with Gasteiger partial charge in [0, 0.05) is 44.0 Å². The minimum atomic E-state index is -3.65. The molecule has 208 valence electrons. The fourth-order valence-electron chi connectivity index (χ4n) is 4.20. The summed E-state index contributed by atoms with van der Waals surface area (Å²) < 4.78 is 28.0. The number of nitrogens with one attached hydrogen (secondary N) is 1. The summed E-state index contributed by atoms with van der Waals surface area (Å²) in [7, 11) is -2.13. The predicted molar refractivity (Wildman–Crippen MR) is 157 cm³/mol. The molecule has 0 heterocycles. The maximum Gasteiger partial charge on any atom is 0.243 e. The number of halogens is 1. The van der Waals surface area contributed by atoms with Crippen LogP contribution in [0.1, 0.15) is 37.3 Å². The van der Waals surface area contributed by atoms with Crippen molar-refractivity contribution in [3.05, 3.63) is 101 Å². The highest BCUT2D eigenvalue weighted by Crippen LogP contribution is 2.19. The Morgan fingerprint density at radius 3 is 2.13 bits per heavy atom. The minimum absolute atomic E-state index is 0.109. The molecule has 9 heteroatoms. The molecule has 7 nitrogen and oxygen atoms in total. The third kappa shape index (κ3) is 9.02. The van der Waals surface area contributed by atoms with E-state index in [9.17, 15) is 18.0 Å². The van der Waals surface area contributed by atoms with Gasteiger partial charge in [0.15, 0.2) is 0 Å². The van der Waals surface area contributed by atoms with Crippen molar-refractivity contribution in [2.45, 2.75) is 50.1 Å². The van der Waals surface area contributed by atoms with Crippen LogP contribution in [0.15, 0.2) is 94.3 Å². The minimum Gasteiger partial charge on any atom is -0.354 e. The van der Waals surface area contributed by atoms with Crippen molar-refractivity contribution in [3.63, 3.8) is 0 Å². The topological polar surface area (TPSA) is 86.8 Å². The average Bonchev–Trinajstić information content (AvgIpc) is 2.95. The van der Waals surface area contributed by atoms with E-state index >= 15 is 0 Å². The van der Waals surface area contributed by atoms with Crippen LogP contribution in [-0.2, 0) is 32.6 Å². The lowest BCUT2D eigenvalue weighted by molar-refractivity contribution is -0.141. The van der Waals surface area contributed by atoms with Gasteiger partial charge in [0.1, 0.15) is 6.04 Å². The summed E-state index contributed by atoms with van der Waals surface area (Å²) in [6.07, 6.45) is 1.60. The zero-order valence-corrected chi connectivity index (χ0v) is 24.8. The molecular formula is C30H36BrN3O4S. The number of amides is 2. The molecule has 0 saturated carbocycles. The van der Waals surface area contributed by atoms with E-state index in [2.05, 4.69) is 21.2 Å². The van der Waals surface area contributed by atoms with E-state index in [0.29, 0.717) is 19.4 Å². The number of rotatable bonds is 14. The van der Waals surface area contributed by atoms with Crippen molar-refractivity contribution in [1.82, 2.24) is 14.5 Å². The second kappa shape index (κ2) is 15.0. The van der Waals surface area contributed by atoms with Crippen molar-refractivity contribution < 1.29 is 18.0 Å². The van der Waals surface area contributed by atoms with Crippen LogP contribution in [0.4, 0.5) is 0 Å². The maximum absolute atomic E-state index is 13.7. The first-order chi connectivity index (χ1) is 18.7.